The quantitative estimate of drug-likeness (QED) is 0.0351. The lowest BCUT2D eigenvalue weighted by Gasteiger charge is -2.34. The second-order valence-corrected chi connectivity index (χ2v) is 22.5. The van der Waals surface area contributed by atoms with Crippen LogP contribution in [0.25, 0.3) is 55.6 Å². The van der Waals surface area contributed by atoms with Crippen LogP contribution in [0.5, 0.6) is 0 Å². The number of benzene rings is 6. The zero-order chi connectivity index (χ0) is 59.5. The van der Waals surface area contributed by atoms with Gasteiger partial charge in [0.05, 0.1) is 92.5 Å². The first-order valence-corrected chi connectivity index (χ1v) is 30.3. The Morgan fingerprint density at radius 3 is 0.647 bits per heavy atom. The maximum Gasteiger partial charge on any atom is 0.0700 e. The molecule has 3 aliphatic carbocycles. The van der Waals surface area contributed by atoms with Crippen LogP contribution in [0.2, 0.25) is 0 Å². The van der Waals surface area contributed by atoms with Gasteiger partial charge in [-0.2, -0.15) is 0 Å². The molecule has 3 aliphatic rings. The minimum atomic E-state index is -0.510. The standard InChI is InChI=1S/C71H90O14/c1-74-31-37-80-25-19-69(20-26-81-38-32-75-2)63-43-51(49-72)7-13-57(63)59-15-9-53(45-65(59)69)55-11-17-61-62-18-12-56(48-68(62)71(67(61)47-55,23-29-84-41-35-78-5)24-30-85-42-36-79-6)54-10-16-60-58-14-8-52(50-73)44-64(58)70(66(60)46-54,21-27-82-39-33-76-3)22-28-83-40-34-77-4/h7-18,43-48,72-73H,19-42,49-50H2,1-6H3. The molecule has 0 radical (unpaired) electrons. The molecule has 14 nitrogen and oxygen atoms in total. The predicted molar refractivity (Wildman–Crippen MR) is 332 cm³/mol. The molecule has 9 rings (SSSR count). The molecule has 0 fully saturated rings. The molecule has 0 bridgehead atoms. The molecule has 0 heterocycles. The SMILES string of the molecule is COCCOCCC1(CCOCCOC)c2cc(CO)ccc2-c2ccc(-c3ccc4c(c3)C(CCOCCOC)(CCOCCOC)c3cc(-c5ccc6c(c5)C(CCOCCOC)(CCOCCOC)c5cc(CO)ccc5-6)ccc3-4)cc21. The van der Waals surface area contributed by atoms with Crippen molar-refractivity contribution in [3.63, 3.8) is 0 Å². The van der Waals surface area contributed by atoms with Crippen molar-refractivity contribution >= 4 is 0 Å². The van der Waals surface area contributed by atoms with E-state index in [0.29, 0.717) is 132 Å². The predicted octanol–water partition coefficient (Wildman–Crippen LogP) is 11.1. The Labute approximate surface area is 503 Å². The summed E-state index contributed by atoms with van der Waals surface area (Å²) >= 11 is 0. The Bertz CT molecular complexity index is 2850. The first kappa shape index (κ1) is 64.2. The maximum absolute atomic E-state index is 10.5. The number of rotatable bonds is 40. The van der Waals surface area contributed by atoms with Crippen LogP contribution >= 0.6 is 0 Å². The molecule has 0 aliphatic heterocycles. The molecule has 0 atom stereocenters. The summed E-state index contributed by atoms with van der Waals surface area (Å²) in [5.41, 5.74) is 19.2. The van der Waals surface area contributed by atoms with Gasteiger partial charge in [-0.05, 0) is 163 Å². The van der Waals surface area contributed by atoms with E-state index in [0.717, 1.165) is 59.1 Å². The first-order chi connectivity index (χ1) is 41.8. The summed E-state index contributed by atoms with van der Waals surface area (Å²) in [6, 6.07) is 40.8. The largest absolute Gasteiger partial charge is 0.392 e. The third kappa shape index (κ3) is 14.2. The van der Waals surface area contributed by atoms with Crippen molar-refractivity contribution in [3.05, 3.63) is 154 Å². The zero-order valence-electron chi connectivity index (χ0n) is 51.1. The topological polar surface area (TPSA) is 151 Å². The van der Waals surface area contributed by atoms with E-state index in [2.05, 4.69) is 97.1 Å². The van der Waals surface area contributed by atoms with Gasteiger partial charge in [0.1, 0.15) is 0 Å². The fourth-order valence-corrected chi connectivity index (χ4v) is 13.4. The number of aliphatic hydroxyl groups excluding tert-OH is 2. The monoisotopic (exact) mass is 1170 g/mol. The fraction of sp³-hybridized carbons (Fsp3) is 0.493. The summed E-state index contributed by atoms with van der Waals surface area (Å²) in [4.78, 5) is 0. The van der Waals surface area contributed by atoms with Crippen molar-refractivity contribution in [2.75, 3.05) is 162 Å². The highest BCUT2D eigenvalue weighted by molar-refractivity contribution is 5.90. The van der Waals surface area contributed by atoms with Crippen LogP contribution in [0.4, 0.5) is 0 Å². The van der Waals surface area contributed by atoms with Crippen LogP contribution < -0.4 is 0 Å². The summed E-state index contributed by atoms with van der Waals surface area (Å²) in [5, 5.41) is 21.0. The van der Waals surface area contributed by atoms with Gasteiger partial charge < -0.3 is 67.1 Å². The minimum Gasteiger partial charge on any atom is -0.392 e. The molecule has 0 spiro atoms. The molecule has 6 aromatic carbocycles. The second-order valence-electron chi connectivity index (χ2n) is 22.5. The van der Waals surface area contributed by atoms with Gasteiger partial charge in [0.15, 0.2) is 0 Å². The van der Waals surface area contributed by atoms with E-state index in [9.17, 15) is 10.2 Å². The van der Waals surface area contributed by atoms with Gasteiger partial charge in [0.25, 0.3) is 0 Å². The van der Waals surface area contributed by atoms with Crippen molar-refractivity contribution in [2.24, 2.45) is 0 Å². The molecule has 2 N–H and O–H groups in total. The number of aliphatic hydroxyl groups is 2. The molecule has 14 heteroatoms. The average molecular weight is 1170 g/mol. The summed E-state index contributed by atoms with van der Waals surface area (Å²) in [7, 11) is 10.2. The van der Waals surface area contributed by atoms with E-state index in [1.54, 1.807) is 42.7 Å². The molecular formula is C71H90O14. The molecule has 0 saturated carbocycles. The molecule has 0 aromatic heterocycles. The van der Waals surface area contributed by atoms with Gasteiger partial charge in [0, 0.05) is 98.5 Å². The summed E-state index contributed by atoms with van der Waals surface area (Å²) in [5.74, 6) is 0. The highest BCUT2D eigenvalue weighted by atomic mass is 16.5. The lowest BCUT2D eigenvalue weighted by atomic mass is 9.71. The van der Waals surface area contributed by atoms with Crippen LogP contribution in [0.1, 0.15) is 83.0 Å². The van der Waals surface area contributed by atoms with Crippen LogP contribution in [0, 0.1) is 0 Å². The van der Waals surface area contributed by atoms with Gasteiger partial charge in [-0.3, -0.25) is 0 Å². The Hall–Kier alpha value is -5.24. The van der Waals surface area contributed by atoms with Crippen molar-refractivity contribution in [1.29, 1.82) is 0 Å². The number of ether oxygens (including phenoxy) is 12. The zero-order valence-corrected chi connectivity index (χ0v) is 51.1. The van der Waals surface area contributed by atoms with Crippen LogP contribution in [-0.4, -0.2) is 172 Å². The lowest BCUT2D eigenvalue weighted by molar-refractivity contribution is 0.0490. The lowest BCUT2D eigenvalue weighted by Crippen LogP contribution is -2.30. The van der Waals surface area contributed by atoms with E-state index in [1.165, 1.54) is 66.8 Å². The van der Waals surface area contributed by atoms with Gasteiger partial charge in [0.2, 0.25) is 0 Å². The maximum atomic E-state index is 10.5. The third-order valence-electron chi connectivity index (χ3n) is 17.9. The van der Waals surface area contributed by atoms with E-state index < -0.39 is 16.2 Å². The van der Waals surface area contributed by atoms with Crippen molar-refractivity contribution in [1.82, 2.24) is 0 Å². The Morgan fingerprint density at radius 2 is 0.447 bits per heavy atom. The number of hydrogen-bond acceptors (Lipinski definition) is 14. The van der Waals surface area contributed by atoms with Gasteiger partial charge in [-0.25, -0.2) is 0 Å². The smallest absolute Gasteiger partial charge is 0.0700 e. The van der Waals surface area contributed by atoms with E-state index >= 15 is 0 Å². The summed E-state index contributed by atoms with van der Waals surface area (Å²) in [6.45, 7) is 9.02. The fourth-order valence-electron chi connectivity index (χ4n) is 13.4. The van der Waals surface area contributed by atoms with Gasteiger partial charge >= 0.3 is 0 Å². The average Bonchev–Trinajstić information content (AvgIpc) is 1.63. The highest BCUT2D eigenvalue weighted by Crippen LogP contribution is 2.58. The molecule has 0 unspecified atom stereocenters. The van der Waals surface area contributed by atoms with E-state index in [4.69, 9.17) is 56.8 Å². The Balaban J connectivity index is 1.16. The van der Waals surface area contributed by atoms with Crippen molar-refractivity contribution < 1.29 is 67.1 Å². The molecule has 85 heavy (non-hydrogen) atoms. The van der Waals surface area contributed by atoms with Gasteiger partial charge in [-0.1, -0.05) is 84.9 Å². The molecule has 6 aromatic rings. The van der Waals surface area contributed by atoms with E-state index in [1.807, 2.05) is 12.1 Å². The Kier molecular flexibility index (Phi) is 23.9. The minimum absolute atomic E-state index is 0.0530. The Morgan fingerprint density at radius 1 is 0.247 bits per heavy atom. The van der Waals surface area contributed by atoms with Crippen LogP contribution in [-0.2, 0) is 86.3 Å². The molecule has 458 valence electrons. The highest BCUT2D eigenvalue weighted by Gasteiger charge is 2.47. The van der Waals surface area contributed by atoms with Crippen LogP contribution in [0.15, 0.2) is 109 Å². The second kappa shape index (κ2) is 31.6. The van der Waals surface area contributed by atoms with Gasteiger partial charge in [-0.15, -0.1) is 0 Å². The molecule has 0 amide bonds. The van der Waals surface area contributed by atoms with Crippen molar-refractivity contribution in [3.8, 4) is 55.6 Å². The number of fused-ring (bicyclic) bond motifs is 9. The number of hydrogen-bond donors (Lipinski definition) is 2. The summed E-state index contributed by atoms with van der Waals surface area (Å²) < 4.78 is 70.3. The van der Waals surface area contributed by atoms with E-state index in [-0.39, 0.29) is 13.2 Å². The van der Waals surface area contributed by atoms with Crippen LogP contribution in [0.3, 0.4) is 0 Å². The third-order valence-corrected chi connectivity index (χ3v) is 17.9. The number of methoxy groups -OCH3 is 6. The summed E-state index contributed by atoms with van der Waals surface area (Å²) in [6.07, 6.45) is 4.29. The normalized spacial score (nSPS) is 14.5. The molecule has 0 saturated heterocycles. The molecular weight excluding hydrogens is 1080 g/mol. The van der Waals surface area contributed by atoms with Crippen molar-refractivity contribution in [2.45, 2.75) is 68.0 Å². The first-order valence-electron chi connectivity index (χ1n) is 30.3.